The van der Waals surface area contributed by atoms with Crippen molar-refractivity contribution in [3.63, 3.8) is 0 Å². The molecule has 1 aliphatic heterocycles. The van der Waals surface area contributed by atoms with Crippen LogP contribution in [-0.2, 0) is 19.0 Å². The number of benzene rings is 1. The molecule has 0 spiro atoms. The maximum absolute atomic E-state index is 13.2. The van der Waals surface area contributed by atoms with Gasteiger partial charge in [0.25, 0.3) is 0 Å². The number of ether oxygens (including phenoxy) is 5. The second-order valence-electron chi connectivity index (χ2n) is 7.83. The molecule has 0 radical (unpaired) electrons. The van der Waals surface area contributed by atoms with Crippen molar-refractivity contribution in [1.29, 1.82) is 0 Å². The molecule has 0 saturated carbocycles. The number of rotatable bonds is 10. The molecule has 10 heteroatoms. The lowest BCUT2D eigenvalue weighted by atomic mass is 9.81. The van der Waals surface area contributed by atoms with Crippen LogP contribution in [0.3, 0.4) is 0 Å². The molecule has 34 heavy (non-hydrogen) atoms. The predicted octanol–water partition coefficient (Wildman–Crippen LogP) is 3.52. The summed E-state index contributed by atoms with van der Waals surface area (Å²) in [6.45, 7) is 4.11. The van der Waals surface area contributed by atoms with E-state index in [0.29, 0.717) is 42.0 Å². The van der Waals surface area contributed by atoms with Crippen molar-refractivity contribution >= 4 is 35.2 Å². The zero-order valence-corrected chi connectivity index (χ0v) is 20.4. The molecule has 184 valence electrons. The highest BCUT2D eigenvalue weighted by molar-refractivity contribution is 7.98. The first-order valence-electron chi connectivity index (χ1n) is 10.8. The number of hydrogen-bond donors (Lipinski definition) is 0. The first-order chi connectivity index (χ1) is 16.4. The Bertz CT molecular complexity index is 976. The molecule has 0 aromatic heterocycles. The molecule has 1 aliphatic carbocycles. The number of esters is 1. The quantitative estimate of drug-likeness (QED) is 0.276. The standard InChI is InChI=1S/C24H29NO8S/c1-5-8-30-24(28)25(2)7-6-15-9-17(22(26)21(10-15)29-3)16-11-19-20(32-13-31-19)12-18(16)23(27)33-14-34-4/h5,9,11-12,15,21H,1,6-8,10,13-14H2,2-4H3/t15-,21-/m0/s1. The van der Waals surface area contributed by atoms with Gasteiger partial charge in [0, 0.05) is 31.8 Å². The summed E-state index contributed by atoms with van der Waals surface area (Å²) >= 11 is 1.36. The van der Waals surface area contributed by atoms with E-state index in [9.17, 15) is 14.4 Å². The van der Waals surface area contributed by atoms with Gasteiger partial charge in [-0.2, -0.15) is 0 Å². The van der Waals surface area contributed by atoms with Gasteiger partial charge in [-0.05, 0) is 37.1 Å². The number of carbonyl (C=O) groups is 3. The Morgan fingerprint density at radius 3 is 2.68 bits per heavy atom. The second-order valence-corrected chi connectivity index (χ2v) is 8.64. The summed E-state index contributed by atoms with van der Waals surface area (Å²) in [6.07, 6.45) is 5.07. The van der Waals surface area contributed by atoms with Gasteiger partial charge in [-0.1, -0.05) is 18.7 Å². The molecule has 0 unspecified atom stereocenters. The summed E-state index contributed by atoms with van der Waals surface area (Å²) < 4.78 is 26.7. The molecule has 0 saturated heterocycles. The molecule has 1 aromatic rings. The lowest BCUT2D eigenvalue weighted by molar-refractivity contribution is -0.124. The fraction of sp³-hybridized carbons (Fsp3) is 0.458. The van der Waals surface area contributed by atoms with Crippen LogP contribution in [0.2, 0.25) is 0 Å². The van der Waals surface area contributed by atoms with Crippen molar-refractivity contribution in [1.82, 2.24) is 4.90 Å². The SMILES string of the molecule is C=CCOC(=O)N(C)CC[C@H]1C=C(c2cc3c(cc2C(=O)OCSC)OCO3)C(=O)[C@@H](OC)C1. The summed E-state index contributed by atoms with van der Waals surface area (Å²) in [5, 5.41) is 0. The molecule has 9 nitrogen and oxygen atoms in total. The summed E-state index contributed by atoms with van der Waals surface area (Å²) in [5.74, 6) is 0.187. The summed E-state index contributed by atoms with van der Waals surface area (Å²) in [7, 11) is 3.13. The highest BCUT2D eigenvalue weighted by Gasteiger charge is 2.34. The number of nitrogens with zero attached hydrogens (tertiary/aromatic N) is 1. The molecule has 1 aromatic carbocycles. The van der Waals surface area contributed by atoms with Crippen molar-refractivity contribution in [3.8, 4) is 11.5 Å². The van der Waals surface area contributed by atoms with E-state index in [4.69, 9.17) is 23.7 Å². The number of amides is 1. The molecule has 0 fully saturated rings. The topological polar surface area (TPSA) is 101 Å². The number of ketones is 1. The van der Waals surface area contributed by atoms with Gasteiger partial charge >= 0.3 is 12.1 Å². The van der Waals surface area contributed by atoms with Gasteiger partial charge in [-0.15, -0.1) is 11.8 Å². The Labute approximate surface area is 203 Å². The van der Waals surface area contributed by atoms with E-state index in [1.54, 1.807) is 19.2 Å². The van der Waals surface area contributed by atoms with E-state index in [0.717, 1.165) is 0 Å². The predicted molar refractivity (Wildman–Crippen MR) is 127 cm³/mol. The van der Waals surface area contributed by atoms with Crippen LogP contribution in [0.4, 0.5) is 4.79 Å². The fourth-order valence-electron chi connectivity index (χ4n) is 3.78. The number of thioether (sulfide) groups is 1. The largest absolute Gasteiger partial charge is 0.454 e. The Balaban J connectivity index is 1.90. The van der Waals surface area contributed by atoms with Gasteiger partial charge in [0.15, 0.2) is 17.3 Å². The zero-order chi connectivity index (χ0) is 24.7. The molecule has 0 N–H and O–H groups in total. The minimum Gasteiger partial charge on any atom is -0.454 e. The third-order valence-corrected chi connectivity index (χ3v) is 5.92. The molecule has 2 aliphatic rings. The minimum atomic E-state index is -0.677. The van der Waals surface area contributed by atoms with Crippen molar-refractivity contribution in [2.24, 2.45) is 5.92 Å². The Morgan fingerprint density at radius 1 is 1.26 bits per heavy atom. The zero-order valence-electron chi connectivity index (χ0n) is 19.5. The Morgan fingerprint density at radius 2 is 2.00 bits per heavy atom. The Hall–Kier alpha value is -2.98. The van der Waals surface area contributed by atoms with Crippen LogP contribution in [0.15, 0.2) is 30.9 Å². The summed E-state index contributed by atoms with van der Waals surface area (Å²) in [4.78, 5) is 39.6. The lowest BCUT2D eigenvalue weighted by Crippen LogP contribution is -2.34. The van der Waals surface area contributed by atoms with Crippen LogP contribution < -0.4 is 9.47 Å². The molecular formula is C24H29NO8S. The van der Waals surface area contributed by atoms with E-state index in [1.807, 2.05) is 12.3 Å². The van der Waals surface area contributed by atoms with Crippen molar-refractivity contribution < 1.29 is 38.1 Å². The highest BCUT2D eigenvalue weighted by atomic mass is 32.2. The Kier molecular flexibility index (Phi) is 9.00. The second kappa shape index (κ2) is 11.9. The first-order valence-corrected chi connectivity index (χ1v) is 12.2. The van der Waals surface area contributed by atoms with E-state index in [-0.39, 0.29) is 36.6 Å². The van der Waals surface area contributed by atoms with Crippen LogP contribution in [0, 0.1) is 5.92 Å². The number of Topliss-reactive ketones (excluding diaryl/α,β-unsaturated/α-hetero) is 1. The van der Waals surface area contributed by atoms with Crippen LogP contribution in [0.5, 0.6) is 11.5 Å². The molecule has 3 rings (SSSR count). The molecule has 2 atom stereocenters. The molecule has 0 bridgehead atoms. The van der Waals surface area contributed by atoms with Crippen LogP contribution in [-0.4, -0.2) is 75.1 Å². The van der Waals surface area contributed by atoms with Crippen molar-refractivity contribution in [2.75, 3.05) is 46.3 Å². The van der Waals surface area contributed by atoms with Gasteiger partial charge < -0.3 is 28.6 Å². The maximum Gasteiger partial charge on any atom is 0.409 e. The van der Waals surface area contributed by atoms with E-state index in [1.165, 1.54) is 29.8 Å². The number of fused-ring (bicyclic) bond motifs is 1. The maximum atomic E-state index is 13.2. The summed E-state index contributed by atoms with van der Waals surface area (Å²) in [5.41, 5.74) is 0.985. The van der Waals surface area contributed by atoms with Gasteiger partial charge in [-0.25, -0.2) is 9.59 Å². The normalized spacial score (nSPS) is 18.8. The highest BCUT2D eigenvalue weighted by Crippen LogP contribution is 2.40. The smallest absolute Gasteiger partial charge is 0.409 e. The third kappa shape index (κ3) is 5.92. The van der Waals surface area contributed by atoms with Gasteiger partial charge in [0.05, 0.1) is 5.56 Å². The number of hydrogen-bond acceptors (Lipinski definition) is 9. The van der Waals surface area contributed by atoms with Crippen LogP contribution in [0.25, 0.3) is 5.57 Å². The van der Waals surface area contributed by atoms with E-state index < -0.39 is 18.2 Å². The number of methoxy groups -OCH3 is 1. The average Bonchev–Trinajstić information content (AvgIpc) is 3.31. The lowest BCUT2D eigenvalue weighted by Gasteiger charge is -2.28. The van der Waals surface area contributed by atoms with Crippen LogP contribution >= 0.6 is 11.8 Å². The van der Waals surface area contributed by atoms with Crippen LogP contribution in [0.1, 0.15) is 28.8 Å². The molecule has 1 amide bonds. The average molecular weight is 492 g/mol. The van der Waals surface area contributed by atoms with Gasteiger partial charge in [-0.3, -0.25) is 4.79 Å². The molecular weight excluding hydrogens is 462 g/mol. The first kappa shape index (κ1) is 25.6. The van der Waals surface area contributed by atoms with Crippen molar-refractivity contribution in [2.45, 2.75) is 18.9 Å². The summed E-state index contributed by atoms with van der Waals surface area (Å²) in [6, 6.07) is 3.18. The van der Waals surface area contributed by atoms with Crippen molar-refractivity contribution in [3.05, 3.63) is 42.0 Å². The molecule has 1 heterocycles. The monoisotopic (exact) mass is 491 g/mol. The minimum absolute atomic E-state index is 0.0304. The van der Waals surface area contributed by atoms with E-state index in [2.05, 4.69) is 6.58 Å². The van der Waals surface area contributed by atoms with Gasteiger partial charge in [0.2, 0.25) is 6.79 Å². The fourth-order valence-corrected chi connectivity index (χ4v) is 4.01. The van der Waals surface area contributed by atoms with Gasteiger partial charge in [0.1, 0.15) is 18.6 Å². The number of allylic oxidation sites excluding steroid dienone is 1. The van der Waals surface area contributed by atoms with E-state index >= 15 is 0 Å². The third-order valence-electron chi connectivity index (χ3n) is 5.56. The number of carbonyl (C=O) groups excluding carboxylic acids is 3.